The molecule has 1 unspecified atom stereocenters. The van der Waals surface area contributed by atoms with E-state index in [-0.39, 0.29) is 5.82 Å². The SMILES string of the molecule is Fc1ccc(CNC2CC3CCN2CC3)cc1. The van der Waals surface area contributed by atoms with Gasteiger partial charge in [0, 0.05) is 6.54 Å². The van der Waals surface area contributed by atoms with E-state index in [1.165, 1.54) is 44.5 Å². The van der Waals surface area contributed by atoms with E-state index in [0.29, 0.717) is 6.17 Å². The number of hydrogen-bond acceptors (Lipinski definition) is 2. The maximum Gasteiger partial charge on any atom is 0.123 e. The molecule has 0 radical (unpaired) electrons. The second-order valence-electron chi connectivity index (χ2n) is 5.24. The molecule has 3 aliphatic heterocycles. The molecule has 1 N–H and O–H groups in total. The van der Waals surface area contributed by atoms with Crippen molar-refractivity contribution in [2.24, 2.45) is 5.92 Å². The van der Waals surface area contributed by atoms with Crippen LogP contribution in [0.5, 0.6) is 0 Å². The van der Waals surface area contributed by atoms with E-state index < -0.39 is 0 Å². The van der Waals surface area contributed by atoms with E-state index in [0.717, 1.165) is 18.0 Å². The zero-order valence-corrected chi connectivity index (χ0v) is 10.0. The van der Waals surface area contributed by atoms with Gasteiger partial charge in [-0.25, -0.2) is 4.39 Å². The minimum atomic E-state index is -0.158. The average Bonchev–Trinajstić information content (AvgIpc) is 2.39. The summed E-state index contributed by atoms with van der Waals surface area (Å²) in [5, 5.41) is 3.59. The Balaban J connectivity index is 1.56. The highest BCUT2D eigenvalue weighted by atomic mass is 19.1. The number of piperidine rings is 3. The Morgan fingerprint density at radius 2 is 1.88 bits per heavy atom. The van der Waals surface area contributed by atoms with Crippen molar-refractivity contribution in [1.29, 1.82) is 0 Å². The third-order valence-corrected chi connectivity index (χ3v) is 4.10. The Labute approximate surface area is 102 Å². The number of nitrogens with zero attached hydrogens (tertiary/aromatic N) is 1. The van der Waals surface area contributed by atoms with E-state index in [2.05, 4.69) is 10.2 Å². The first-order chi connectivity index (χ1) is 8.31. The molecule has 3 aliphatic rings. The van der Waals surface area contributed by atoms with Gasteiger partial charge in [-0.1, -0.05) is 12.1 Å². The highest BCUT2D eigenvalue weighted by Crippen LogP contribution is 2.30. The molecule has 1 atom stereocenters. The predicted octanol–water partition coefficient (Wildman–Crippen LogP) is 2.36. The summed E-state index contributed by atoms with van der Waals surface area (Å²) in [7, 11) is 0. The summed E-state index contributed by atoms with van der Waals surface area (Å²) in [6.07, 6.45) is 4.55. The zero-order valence-electron chi connectivity index (χ0n) is 10.0. The summed E-state index contributed by atoms with van der Waals surface area (Å²) < 4.78 is 12.8. The lowest BCUT2D eigenvalue weighted by atomic mass is 9.86. The van der Waals surface area contributed by atoms with Crippen molar-refractivity contribution < 1.29 is 4.39 Å². The highest BCUT2D eigenvalue weighted by Gasteiger charge is 2.32. The standard InChI is InChI=1S/C14H19FN2/c15-13-3-1-12(2-4-13)10-16-14-9-11-5-7-17(14)8-6-11/h1-4,11,14,16H,5-10H2. The lowest BCUT2D eigenvalue weighted by molar-refractivity contribution is 0.0303. The Morgan fingerprint density at radius 3 is 2.47 bits per heavy atom. The fourth-order valence-corrected chi connectivity index (χ4v) is 3.02. The van der Waals surface area contributed by atoms with Crippen molar-refractivity contribution in [3.63, 3.8) is 0 Å². The van der Waals surface area contributed by atoms with Crippen molar-refractivity contribution >= 4 is 0 Å². The van der Waals surface area contributed by atoms with Gasteiger partial charge in [-0.3, -0.25) is 10.2 Å². The summed E-state index contributed by atoms with van der Waals surface area (Å²) in [4.78, 5) is 2.55. The Hall–Kier alpha value is -0.930. The van der Waals surface area contributed by atoms with Crippen LogP contribution in [0.2, 0.25) is 0 Å². The van der Waals surface area contributed by atoms with Crippen LogP contribution in [0, 0.1) is 11.7 Å². The van der Waals surface area contributed by atoms with Crippen molar-refractivity contribution in [2.75, 3.05) is 13.1 Å². The molecule has 3 saturated heterocycles. The van der Waals surface area contributed by atoms with Gasteiger partial charge in [0.15, 0.2) is 0 Å². The third-order valence-electron chi connectivity index (χ3n) is 4.10. The minimum Gasteiger partial charge on any atom is -0.298 e. The zero-order chi connectivity index (χ0) is 11.7. The molecule has 4 rings (SSSR count). The van der Waals surface area contributed by atoms with Gasteiger partial charge < -0.3 is 0 Å². The third kappa shape index (κ3) is 2.50. The number of nitrogens with one attached hydrogen (secondary N) is 1. The molecular formula is C14H19FN2. The van der Waals surface area contributed by atoms with E-state index >= 15 is 0 Å². The maximum absolute atomic E-state index is 12.8. The van der Waals surface area contributed by atoms with Crippen LogP contribution in [-0.4, -0.2) is 24.2 Å². The summed E-state index contributed by atoms with van der Waals surface area (Å²) in [6, 6.07) is 6.78. The number of rotatable bonds is 3. The number of fused-ring (bicyclic) bond motifs is 3. The Bertz CT molecular complexity index is 368. The summed E-state index contributed by atoms with van der Waals surface area (Å²) in [6.45, 7) is 3.33. The minimum absolute atomic E-state index is 0.158. The molecule has 0 saturated carbocycles. The van der Waals surface area contributed by atoms with Crippen LogP contribution in [0.25, 0.3) is 0 Å². The van der Waals surface area contributed by atoms with Gasteiger partial charge in [-0.05, 0) is 56.0 Å². The van der Waals surface area contributed by atoms with Crippen LogP contribution in [0.4, 0.5) is 4.39 Å². The molecule has 3 fully saturated rings. The van der Waals surface area contributed by atoms with Crippen LogP contribution in [0.1, 0.15) is 24.8 Å². The van der Waals surface area contributed by atoms with Gasteiger partial charge in [0.1, 0.15) is 5.82 Å². The molecule has 2 nitrogen and oxygen atoms in total. The maximum atomic E-state index is 12.8. The van der Waals surface area contributed by atoms with Crippen LogP contribution >= 0.6 is 0 Å². The van der Waals surface area contributed by atoms with Crippen LogP contribution in [0.15, 0.2) is 24.3 Å². The molecule has 3 heteroatoms. The average molecular weight is 234 g/mol. The highest BCUT2D eigenvalue weighted by molar-refractivity contribution is 5.15. The van der Waals surface area contributed by atoms with Crippen molar-refractivity contribution in [1.82, 2.24) is 10.2 Å². The number of hydrogen-bond donors (Lipinski definition) is 1. The number of benzene rings is 1. The molecule has 17 heavy (non-hydrogen) atoms. The summed E-state index contributed by atoms with van der Waals surface area (Å²) >= 11 is 0. The second-order valence-corrected chi connectivity index (χ2v) is 5.24. The van der Waals surface area contributed by atoms with Gasteiger partial charge in [0.05, 0.1) is 6.17 Å². The van der Waals surface area contributed by atoms with Gasteiger partial charge in [-0.2, -0.15) is 0 Å². The summed E-state index contributed by atoms with van der Waals surface area (Å²) in [5.74, 6) is 0.764. The van der Waals surface area contributed by atoms with Crippen LogP contribution < -0.4 is 5.32 Å². The summed E-state index contributed by atoms with van der Waals surface area (Å²) in [5.41, 5.74) is 1.16. The first-order valence-corrected chi connectivity index (χ1v) is 6.53. The van der Waals surface area contributed by atoms with Gasteiger partial charge in [-0.15, -0.1) is 0 Å². The van der Waals surface area contributed by atoms with E-state index in [4.69, 9.17) is 0 Å². The lowest BCUT2D eigenvalue weighted by Gasteiger charge is -2.45. The first kappa shape index (κ1) is 11.2. The largest absolute Gasteiger partial charge is 0.298 e. The van der Waals surface area contributed by atoms with Gasteiger partial charge in [0.25, 0.3) is 0 Å². The first-order valence-electron chi connectivity index (χ1n) is 6.53. The molecule has 0 aliphatic carbocycles. The Kier molecular flexibility index (Phi) is 3.12. The Morgan fingerprint density at radius 1 is 1.18 bits per heavy atom. The van der Waals surface area contributed by atoms with Gasteiger partial charge in [0.2, 0.25) is 0 Å². The quantitative estimate of drug-likeness (QED) is 0.863. The van der Waals surface area contributed by atoms with E-state index in [1.807, 2.05) is 12.1 Å². The smallest absolute Gasteiger partial charge is 0.123 e. The van der Waals surface area contributed by atoms with Crippen molar-refractivity contribution in [2.45, 2.75) is 32.0 Å². The fraction of sp³-hybridized carbons (Fsp3) is 0.571. The molecule has 1 aromatic rings. The van der Waals surface area contributed by atoms with Gasteiger partial charge >= 0.3 is 0 Å². The topological polar surface area (TPSA) is 15.3 Å². The molecule has 0 spiro atoms. The lowest BCUT2D eigenvalue weighted by Crippen LogP contribution is -2.54. The van der Waals surface area contributed by atoms with Crippen LogP contribution in [-0.2, 0) is 6.54 Å². The second kappa shape index (κ2) is 4.75. The predicted molar refractivity (Wildman–Crippen MR) is 65.9 cm³/mol. The molecule has 0 aromatic heterocycles. The molecule has 2 bridgehead atoms. The molecule has 0 amide bonds. The monoisotopic (exact) mass is 234 g/mol. The number of halogens is 1. The van der Waals surface area contributed by atoms with Crippen molar-refractivity contribution in [3.8, 4) is 0 Å². The fourth-order valence-electron chi connectivity index (χ4n) is 3.02. The molecule has 1 aromatic carbocycles. The molecule has 92 valence electrons. The molecular weight excluding hydrogens is 215 g/mol. The van der Waals surface area contributed by atoms with Crippen LogP contribution in [0.3, 0.4) is 0 Å². The van der Waals surface area contributed by atoms with E-state index in [9.17, 15) is 4.39 Å². The van der Waals surface area contributed by atoms with Crippen molar-refractivity contribution in [3.05, 3.63) is 35.6 Å². The normalized spacial score (nSPS) is 31.7. The van der Waals surface area contributed by atoms with E-state index in [1.54, 1.807) is 0 Å². The molecule has 3 heterocycles.